The molecule has 0 fully saturated rings. The van der Waals surface area contributed by atoms with Crippen molar-refractivity contribution in [3.63, 3.8) is 0 Å². The van der Waals surface area contributed by atoms with Gasteiger partial charge in [-0.3, -0.25) is 9.11 Å². The molecular weight excluding hydrogens is 384 g/mol. The van der Waals surface area contributed by atoms with Gasteiger partial charge >= 0.3 is 0 Å². The molecule has 0 radical (unpaired) electrons. The molecule has 0 amide bonds. The topological polar surface area (TPSA) is 149 Å². The third-order valence-electron chi connectivity index (χ3n) is 4.31. The highest BCUT2D eigenvalue weighted by Crippen LogP contribution is 2.45. The van der Waals surface area contributed by atoms with Gasteiger partial charge in [0, 0.05) is 27.6 Å². The molecule has 0 aromatic heterocycles. The van der Waals surface area contributed by atoms with E-state index in [0.29, 0.717) is 16.2 Å². The van der Waals surface area contributed by atoms with Gasteiger partial charge in [0.15, 0.2) is 0 Å². The highest BCUT2D eigenvalue weighted by Gasteiger charge is 2.29. The van der Waals surface area contributed by atoms with Crippen molar-refractivity contribution in [3.05, 3.63) is 36.4 Å². The molecule has 0 bridgehead atoms. The molecule has 26 heavy (non-hydrogen) atoms. The molecule has 4 aromatic rings. The molecule has 0 atom stereocenters. The van der Waals surface area contributed by atoms with E-state index in [0.717, 1.165) is 12.1 Å². The molecule has 0 saturated heterocycles. The Morgan fingerprint density at radius 1 is 0.654 bits per heavy atom. The van der Waals surface area contributed by atoms with Gasteiger partial charge in [-0.2, -0.15) is 16.8 Å². The van der Waals surface area contributed by atoms with Gasteiger partial charge in [0.1, 0.15) is 21.3 Å². The second-order valence-corrected chi connectivity index (χ2v) is 8.56. The van der Waals surface area contributed by atoms with E-state index in [2.05, 4.69) is 0 Å². The third kappa shape index (κ3) is 2.20. The molecule has 8 nitrogen and oxygen atoms in total. The molecule has 0 heterocycles. The number of benzene rings is 4. The van der Waals surface area contributed by atoms with Gasteiger partial charge in [-0.15, -0.1) is 0 Å². The summed E-state index contributed by atoms with van der Waals surface area (Å²) in [4.78, 5) is -1.93. The van der Waals surface area contributed by atoms with Crippen molar-refractivity contribution in [2.45, 2.75) is 9.79 Å². The summed E-state index contributed by atoms with van der Waals surface area (Å²) in [6.07, 6.45) is 0. The Bertz CT molecular complexity index is 1410. The molecule has 4 N–H and O–H groups in total. The first kappa shape index (κ1) is 16.8. The van der Waals surface area contributed by atoms with Crippen molar-refractivity contribution in [2.24, 2.45) is 0 Å². The lowest BCUT2D eigenvalue weighted by Crippen LogP contribution is -2.09. The standard InChI is InChI=1S/C16H10O8S2/c17-11-6-12(18)9-3-4-10-14-7(1-2-8(11)15(9)14)5-13(25(19,20)21)16(10)26(22,23)24/h1-6,17-18H,(H,19,20,21)(H,22,23,24). The molecule has 10 heteroatoms. The Morgan fingerprint density at radius 3 is 1.73 bits per heavy atom. The summed E-state index contributed by atoms with van der Waals surface area (Å²) >= 11 is 0. The van der Waals surface area contributed by atoms with Crippen LogP contribution in [0.1, 0.15) is 0 Å². The minimum Gasteiger partial charge on any atom is -0.507 e. The summed E-state index contributed by atoms with van der Waals surface area (Å²) < 4.78 is 66.1. The molecule has 4 rings (SSSR count). The van der Waals surface area contributed by atoms with Crippen LogP contribution in [-0.2, 0) is 20.2 Å². The third-order valence-corrected chi connectivity index (χ3v) is 6.27. The first-order chi connectivity index (χ1) is 12.0. The fourth-order valence-corrected chi connectivity index (χ4v) is 5.35. The summed E-state index contributed by atoms with van der Waals surface area (Å²) in [5, 5.41) is 21.3. The summed E-state index contributed by atoms with van der Waals surface area (Å²) in [7, 11) is -9.99. The van der Waals surface area contributed by atoms with Gasteiger partial charge in [-0.1, -0.05) is 12.1 Å². The summed E-state index contributed by atoms with van der Waals surface area (Å²) in [5.41, 5.74) is 0. The number of phenolic OH excluding ortho intramolecular Hbond substituents is 2. The molecule has 134 valence electrons. The number of hydrogen-bond donors (Lipinski definition) is 4. The van der Waals surface area contributed by atoms with E-state index in [1.807, 2.05) is 0 Å². The molecule has 0 aliphatic rings. The molecule has 0 aliphatic carbocycles. The molecule has 0 saturated carbocycles. The molecule has 0 unspecified atom stereocenters. The van der Waals surface area contributed by atoms with E-state index >= 15 is 0 Å². The van der Waals surface area contributed by atoms with Gasteiger partial charge in [-0.25, -0.2) is 0 Å². The lowest BCUT2D eigenvalue weighted by molar-refractivity contribution is 0.458. The normalized spacial score (nSPS) is 13.2. The lowest BCUT2D eigenvalue weighted by Gasteiger charge is -2.16. The zero-order valence-electron chi connectivity index (χ0n) is 12.7. The van der Waals surface area contributed by atoms with Crippen LogP contribution in [0.25, 0.3) is 32.3 Å². The zero-order valence-corrected chi connectivity index (χ0v) is 14.3. The van der Waals surface area contributed by atoms with Crippen molar-refractivity contribution in [1.29, 1.82) is 0 Å². The van der Waals surface area contributed by atoms with Crippen molar-refractivity contribution in [3.8, 4) is 11.5 Å². The van der Waals surface area contributed by atoms with Crippen molar-refractivity contribution in [1.82, 2.24) is 0 Å². The van der Waals surface area contributed by atoms with Crippen molar-refractivity contribution in [2.75, 3.05) is 0 Å². The van der Waals surface area contributed by atoms with Crippen LogP contribution in [-0.4, -0.2) is 36.2 Å². The Morgan fingerprint density at radius 2 is 1.19 bits per heavy atom. The largest absolute Gasteiger partial charge is 0.507 e. The Balaban J connectivity index is 2.43. The van der Waals surface area contributed by atoms with E-state index in [9.17, 15) is 36.2 Å². The summed E-state index contributed by atoms with van der Waals surface area (Å²) in [6, 6.07) is 7.51. The van der Waals surface area contributed by atoms with E-state index < -0.39 is 30.0 Å². The number of phenols is 2. The van der Waals surface area contributed by atoms with E-state index in [1.54, 1.807) is 0 Å². The van der Waals surface area contributed by atoms with Gasteiger partial charge in [0.25, 0.3) is 20.2 Å². The van der Waals surface area contributed by atoms with Gasteiger partial charge in [0.05, 0.1) is 0 Å². The van der Waals surface area contributed by atoms with Crippen molar-refractivity contribution < 1.29 is 36.2 Å². The van der Waals surface area contributed by atoms with E-state index in [1.165, 1.54) is 24.3 Å². The van der Waals surface area contributed by atoms with Crippen LogP contribution >= 0.6 is 0 Å². The van der Waals surface area contributed by atoms with Crippen LogP contribution in [0.3, 0.4) is 0 Å². The Labute approximate surface area is 146 Å². The molecule has 0 aliphatic heterocycles. The van der Waals surface area contributed by atoms with Crippen LogP contribution in [0.2, 0.25) is 0 Å². The molecule has 4 aromatic carbocycles. The number of aromatic hydroxyl groups is 2. The maximum Gasteiger partial charge on any atom is 0.296 e. The predicted molar refractivity (Wildman–Crippen MR) is 93.1 cm³/mol. The maximum atomic E-state index is 11.9. The second-order valence-electron chi connectivity index (χ2n) is 5.82. The Hall–Kier alpha value is -2.66. The highest BCUT2D eigenvalue weighted by atomic mass is 32.2. The van der Waals surface area contributed by atoms with E-state index in [4.69, 9.17) is 0 Å². The quantitative estimate of drug-likeness (QED) is 0.299. The summed E-state index contributed by atoms with van der Waals surface area (Å²) in [6.45, 7) is 0. The Kier molecular flexibility index (Phi) is 3.20. The van der Waals surface area contributed by atoms with Gasteiger partial charge in [-0.05, 0) is 29.0 Å². The van der Waals surface area contributed by atoms with Crippen LogP contribution in [0.15, 0.2) is 46.2 Å². The summed E-state index contributed by atoms with van der Waals surface area (Å²) in [5.74, 6) is -0.506. The fourth-order valence-electron chi connectivity index (χ4n) is 3.34. The van der Waals surface area contributed by atoms with Crippen LogP contribution in [0.4, 0.5) is 0 Å². The minimum absolute atomic E-state index is 0.166. The smallest absolute Gasteiger partial charge is 0.296 e. The first-order valence-electron chi connectivity index (χ1n) is 7.11. The maximum absolute atomic E-state index is 11.9. The van der Waals surface area contributed by atoms with Crippen LogP contribution in [0, 0.1) is 0 Å². The minimum atomic E-state index is -5.03. The zero-order chi connectivity index (χ0) is 19.0. The van der Waals surface area contributed by atoms with Crippen molar-refractivity contribution >= 4 is 52.6 Å². The second kappa shape index (κ2) is 4.95. The van der Waals surface area contributed by atoms with E-state index in [-0.39, 0.29) is 27.7 Å². The van der Waals surface area contributed by atoms with Crippen LogP contribution in [0.5, 0.6) is 11.5 Å². The molecular formula is C16H10O8S2. The predicted octanol–water partition coefficient (Wildman–Crippen LogP) is 2.49. The van der Waals surface area contributed by atoms with Gasteiger partial charge in [0.2, 0.25) is 0 Å². The number of rotatable bonds is 2. The molecule has 0 spiro atoms. The lowest BCUT2D eigenvalue weighted by atomic mass is 9.93. The fraction of sp³-hybridized carbons (Fsp3) is 0. The van der Waals surface area contributed by atoms with Gasteiger partial charge < -0.3 is 10.2 Å². The highest BCUT2D eigenvalue weighted by molar-refractivity contribution is 7.89. The number of hydrogen-bond acceptors (Lipinski definition) is 6. The average Bonchev–Trinajstić information content (AvgIpc) is 2.51. The monoisotopic (exact) mass is 394 g/mol. The first-order valence-corrected chi connectivity index (χ1v) is 9.99. The van der Waals surface area contributed by atoms with Crippen LogP contribution < -0.4 is 0 Å². The SMILES string of the molecule is O=S(=O)(O)c1cc2ccc3c(O)cc(O)c4ccc(c1S(=O)(=O)O)c2c34. The average molecular weight is 394 g/mol.